The molecule has 0 aliphatic heterocycles. The first-order valence-electron chi connectivity index (χ1n) is 7.68. The molecule has 4 heteroatoms. The summed E-state index contributed by atoms with van der Waals surface area (Å²) in [4.78, 5) is 0. The summed E-state index contributed by atoms with van der Waals surface area (Å²) in [6.45, 7) is 6.37. The molecule has 19 heavy (non-hydrogen) atoms. The largest absolute Gasteiger partial charge is 0.396 e. The second kappa shape index (κ2) is 7.06. The fraction of sp³-hybridized carbons (Fsp3) is 0.800. The molecule has 0 aromatic carbocycles. The molecule has 1 aromatic heterocycles. The summed E-state index contributed by atoms with van der Waals surface area (Å²) in [6, 6.07) is 2.66. The van der Waals surface area contributed by atoms with Crippen molar-refractivity contribution in [1.82, 2.24) is 15.1 Å². The molecule has 1 aromatic rings. The van der Waals surface area contributed by atoms with Crippen molar-refractivity contribution >= 4 is 0 Å². The number of aromatic nitrogens is 2. The monoisotopic (exact) mass is 265 g/mol. The highest BCUT2D eigenvalue weighted by Crippen LogP contribution is 2.24. The standard InChI is InChI=1S/C15H27N3O/c1-3-13-9-14(18(4-2)17-13)10-16-15-8-6-5-7-12(15)11-19/h9,12,15-16,19H,3-8,10-11H2,1-2H3. The predicted octanol–water partition coefficient (Wildman–Crippen LogP) is 2.11. The molecule has 0 saturated heterocycles. The van der Waals surface area contributed by atoms with Gasteiger partial charge in [0, 0.05) is 25.7 Å². The summed E-state index contributed by atoms with van der Waals surface area (Å²) < 4.78 is 2.09. The van der Waals surface area contributed by atoms with Gasteiger partial charge in [-0.25, -0.2) is 0 Å². The third-order valence-corrected chi connectivity index (χ3v) is 4.26. The molecule has 1 aliphatic rings. The zero-order chi connectivity index (χ0) is 13.7. The fourth-order valence-electron chi connectivity index (χ4n) is 3.03. The fourth-order valence-corrected chi connectivity index (χ4v) is 3.03. The van der Waals surface area contributed by atoms with Crippen molar-refractivity contribution in [3.8, 4) is 0 Å². The molecule has 4 nitrogen and oxygen atoms in total. The maximum Gasteiger partial charge on any atom is 0.0625 e. The minimum atomic E-state index is 0.310. The van der Waals surface area contributed by atoms with Gasteiger partial charge in [-0.2, -0.15) is 5.10 Å². The summed E-state index contributed by atoms with van der Waals surface area (Å²) in [7, 11) is 0. The Balaban J connectivity index is 1.95. The van der Waals surface area contributed by atoms with E-state index < -0.39 is 0 Å². The lowest BCUT2D eigenvalue weighted by Crippen LogP contribution is -2.40. The Morgan fingerprint density at radius 1 is 1.37 bits per heavy atom. The molecule has 2 N–H and O–H groups in total. The number of hydrogen-bond acceptors (Lipinski definition) is 3. The van der Waals surface area contributed by atoms with Gasteiger partial charge in [0.1, 0.15) is 0 Å². The quantitative estimate of drug-likeness (QED) is 0.828. The van der Waals surface area contributed by atoms with E-state index in [2.05, 4.69) is 35.0 Å². The van der Waals surface area contributed by atoms with Crippen LogP contribution in [0.3, 0.4) is 0 Å². The molecule has 1 saturated carbocycles. The molecule has 0 radical (unpaired) electrons. The number of hydrogen-bond donors (Lipinski definition) is 2. The van der Waals surface area contributed by atoms with Crippen LogP contribution in [0.1, 0.15) is 50.9 Å². The van der Waals surface area contributed by atoms with Crippen molar-refractivity contribution < 1.29 is 5.11 Å². The molecule has 0 amide bonds. The van der Waals surface area contributed by atoms with Crippen LogP contribution in [0.15, 0.2) is 6.07 Å². The van der Waals surface area contributed by atoms with Crippen LogP contribution in [0.25, 0.3) is 0 Å². The maximum atomic E-state index is 9.44. The van der Waals surface area contributed by atoms with Crippen LogP contribution >= 0.6 is 0 Å². The van der Waals surface area contributed by atoms with Gasteiger partial charge in [-0.3, -0.25) is 4.68 Å². The van der Waals surface area contributed by atoms with Crippen LogP contribution in [0.5, 0.6) is 0 Å². The molecule has 108 valence electrons. The third kappa shape index (κ3) is 3.57. The summed E-state index contributed by atoms with van der Waals surface area (Å²) in [5, 5.41) is 17.7. The predicted molar refractivity (Wildman–Crippen MR) is 77.0 cm³/mol. The molecule has 2 rings (SSSR count). The molecule has 2 atom stereocenters. The van der Waals surface area contributed by atoms with Gasteiger partial charge in [0.2, 0.25) is 0 Å². The average molecular weight is 265 g/mol. The van der Waals surface area contributed by atoms with E-state index in [9.17, 15) is 5.11 Å². The number of nitrogens with zero attached hydrogens (tertiary/aromatic N) is 2. The minimum absolute atomic E-state index is 0.310. The average Bonchev–Trinajstić information content (AvgIpc) is 2.87. The van der Waals surface area contributed by atoms with Gasteiger partial charge < -0.3 is 10.4 Å². The van der Waals surface area contributed by atoms with E-state index in [1.807, 2.05) is 0 Å². The second-order valence-corrected chi connectivity index (χ2v) is 5.51. The van der Waals surface area contributed by atoms with Gasteiger partial charge in [0.05, 0.1) is 11.4 Å². The first-order valence-corrected chi connectivity index (χ1v) is 7.68. The van der Waals surface area contributed by atoms with Crippen LogP contribution in [0.4, 0.5) is 0 Å². The summed E-state index contributed by atoms with van der Waals surface area (Å²) in [5.74, 6) is 0.428. The smallest absolute Gasteiger partial charge is 0.0625 e. The Morgan fingerprint density at radius 3 is 2.84 bits per heavy atom. The van der Waals surface area contributed by atoms with E-state index in [0.29, 0.717) is 18.6 Å². The molecule has 1 heterocycles. The van der Waals surface area contributed by atoms with Crippen molar-refractivity contribution in [2.24, 2.45) is 5.92 Å². The molecular formula is C15H27N3O. The Labute approximate surface area is 116 Å². The normalized spacial score (nSPS) is 23.7. The third-order valence-electron chi connectivity index (χ3n) is 4.26. The zero-order valence-electron chi connectivity index (χ0n) is 12.2. The number of aliphatic hydroxyl groups excluding tert-OH is 1. The second-order valence-electron chi connectivity index (χ2n) is 5.51. The first-order chi connectivity index (χ1) is 9.28. The van der Waals surface area contributed by atoms with Crippen molar-refractivity contribution in [2.75, 3.05) is 6.61 Å². The number of aliphatic hydroxyl groups is 1. The Morgan fingerprint density at radius 2 is 2.16 bits per heavy atom. The zero-order valence-corrected chi connectivity index (χ0v) is 12.2. The lowest BCUT2D eigenvalue weighted by molar-refractivity contribution is 0.152. The van der Waals surface area contributed by atoms with Crippen LogP contribution < -0.4 is 5.32 Å². The Kier molecular flexibility index (Phi) is 5.40. The molecule has 1 aliphatic carbocycles. The van der Waals surface area contributed by atoms with Crippen LogP contribution in [-0.2, 0) is 19.5 Å². The van der Waals surface area contributed by atoms with Gasteiger partial charge in [0.25, 0.3) is 0 Å². The SMILES string of the molecule is CCc1cc(CNC2CCCCC2CO)n(CC)n1. The number of aryl methyl sites for hydroxylation is 2. The van der Waals surface area contributed by atoms with E-state index >= 15 is 0 Å². The van der Waals surface area contributed by atoms with Gasteiger partial charge in [0.15, 0.2) is 0 Å². The summed E-state index contributed by atoms with van der Waals surface area (Å²) in [6.07, 6.45) is 5.87. The molecule has 1 fully saturated rings. The van der Waals surface area contributed by atoms with E-state index in [1.54, 1.807) is 0 Å². The highest BCUT2D eigenvalue weighted by Gasteiger charge is 2.24. The highest BCUT2D eigenvalue weighted by atomic mass is 16.3. The van der Waals surface area contributed by atoms with Crippen molar-refractivity contribution in [3.05, 3.63) is 17.5 Å². The minimum Gasteiger partial charge on any atom is -0.396 e. The van der Waals surface area contributed by atoms with Crippen molar-refractivity contribution in [1.29, 1.82) is 0 Å². The summed E-state index contributed by atoms with van der Waals surface area (Å²) >= 11 is 0. The molecule has 0 spiro atoms. The van der Waals surface area contributed by atoms with E-state index in [0.717, 1.165) is 25.9 Å². The van der Waals surface area contributed by atoms with Gasteiger partial charge in [-0.15, -0.1) is 0 Å². The van der Waals surface area contributed by atoms with E-state index in [-0.39, 0.29) is 0 Å². The number of nitrogens with one attached hydrogen (secondary N) is 1. The Bertz CT molecular complexity index is 389. The van der Waals surface area contributed by atoms with E-state index in [4.69, 9.17) is 0 Å². The Hall–Kier alpha value is -0.870. The van der Waals surface area contributed by atoms with Crippen LogP contribution in [0, 0.1) is 5.92 Å². The molecular weight excluding hydrogens is 238 g/mol. The first kappa shape index (κ1) is 14.5. The number of rotatable bonds is 6. The molecule has 0 bridgehead atoms. The van der Waals surface area contributed by atoms with Gasteiger partial charge in [-0.1, -0.05) is 19.8 Å². The topological polar surface area (TPSA) is 50.1 Å². The lowest BCUT2D eigenvalue weighted by Gasteiger charge is -2.31. The lowest BCUT2D eigenvalue weighted by atomic mass is 9.85. The van der Waals surface area contributed by atoms with Crippen LogP contribution in [0.2, 0.25) is 0 Å². The highest BCUT2D eigenvalue weighted by molar-refractivity contribution is 5.10. The van der Waals surface area contributed by atoms with Gasteiger partial charge in [-0.05, 0) is 38.2 Å². The summed E-state index contributed by atoms with van der Waals surface area (Å²) in [5.41, 5.74) is 2.43. The van der Waals surface area contributed by atoms with Crippen molar-refractivity contribution in [2.45, 2.75) is 65.1 Å². The van der Waals surface area contributed by atoms with E-state index in [1.165, 1.54) is 30.7 Å². The van der Waals surface area contributed by atoms with Crippen LogP contribution in [-0.4, -0.2) is 27.5 Å². The van der Waals surface area contributed by atoms with Gasteiger partial charge >= 0.3 is 0 Å². The maximum absolute atomic E-state index is 9.44. The van der Waals surface area contributed by atoms with Crippen molar-refractivity contribution in [3.63, 3.8) is 0 Å². The molecule has 2 unspecified atom stereocenters.